The van der Waals surface area contributed by atoms with E-state index in [0.29, 0.717) is 13.0 Å². The Bertz CT molecular complexity index is 533. The molecule has 0 bridgehead atoms. The summed E-state index contributed by atoms with van der Waals surface area (Å²) in [6, 6.07) is -1.77. The molecule has 0 saturated carbocycles. The van der Waals surface area contributed by atoms with Gasteiger partial charge in [-0.1, -0.05) is 0 Å². The zero-order valence-corrected chi connectivity index (χ0v) is 14.4. The van der Waals surface area contributed by atoms with Crippen molar-refractivity contribution < 1.29 is 24.3 Å². The minimum Gasteiger partial charge on any atom is -0.481 e. The van der Waals surface area contributed by atoms with Crippen molar-refractivity contribution in [2.24, 2.45) is 0 Å². The highest BCUT2D eigenvalue weighted by molar-refractivity contribution is 5.93. The Labute approximate surface area is 146 Å². The topological polar surface area (TPSA) is 128 Å². The molecule has 2 saturated heterocycles. The van der Waals surface area contributed by atoms with Crippen LogP contribution in [-0.2, 0) is 19.2 Å². The summed E-state index contributed by atoms with van der Waals surface area (Å²) in [4.78, 5) is 49.4. The average molecular weight is 354 g/mol. The van der Waals surface area contributed by atoms with Crippen LogP contribution >= 0.6 is 0 Å². The number of nitrogens with zero attached hydrogens (tertiary/aromatic N) is 1. The zero-order chi connectivity index (χ0) is 18.4. The molecular weight excluding hydrogens is 328 g/mol. The van der Waals surface area contributed by atoms with Crippen LogP contribution < -0.4 is 16.0 Å². The van der Waals surface area contributed by atoms with Crippen molar-refractivity contribution in [3.63, 3.8) is 0 Å². The van der Waals surface area contributed by atoms with E-state index in [1.165, 1.54) is 7.05 Å². The fourth-order valence-corrected chi connectivity index (χ4v) is 3.38. The zero-order valence-electron chi connectivity index (χ0n) is 14.4. The number of aliphatic carboxylic acids is 1. The smallest absolute Gasteiger partial charge is 0.303 e. The molecule has 140 valence electrons. The van der Waals surface area contributed by atoms with Crippen molar-refractivity contribution in [3.05, 3.63) is 0 Å². The van der Waals surface area contributed by atoms with Crippen molar-refractivity contribution in [1.29, 1.82) is 0 Å². The van der Waals surface area contributed by atoms with E-state index in [2.05, 4.69) is 16.0 Å². The maximum absolute atomic E-state index is 12.6. The van der Waals surface area contributed by atoms with Gasteiger partial charge in [0.15, 0.2) is 0 Å². The number of likely N-dealkylation sites (N-methyl/N-ethyl adjacent to an activating group) is 1. The monoisotopic (exact) mass is 354 g/mol. The predicted octanol–water partition coefficient (Wildman–Crippen LogP) is -1.17. The summed E-state index contributed by atoms with van der Waals surface area (Å²) >= 11 is 0. The maximum atomic E-state index is 12.6. The Morgan fingerprint density at radius 2 is 2.00 bits per heavy atom. The van der Waals surface area contributed by atoms with Gasteiger partial charge in [-0.15, -0.1) is 0 Å². The Balaban J connectivity index is 1.99. The molecule has 0 radical (unpaired) electrons. The standard InChI is InChI=1S/C16H26N4O5/c1-17-14(23)10(6-7-13(21)22)19-15(24)12-5-3-9-20(12)16(25)11-4-2-8-18-11/h10-12,18H,2-9H2,1H3,(H,17,23)(H,19,24)(H,21,22)/t10?,11?,12-/m0/s1. The Morgan fingerprint density at radius 1 is 1.24 bits per heavy atom. The third-order valence-electron chi connectivity index (χ3n) is 4.72. The third-order valence-corrected chi connectivity index (χ3v) is 4.72. The number of carboxylic acid groups (broad SMARTS) is 1. The average Bonchev–Trinajstić information content (AvgIpc) is 3.28. The molecule has 3 amide bonds. The van der Waals surface area contributed by atoms with E-state index in [1.807, 2.05) is 0 Å². The van der Waals surface area contributed by atoms with Crippen LogP contribution in [-0.4, -0.2) is 72.0 Å². The van der Waals surface area contributed by atoms with Crippen molar-refractivity contribution in [2.75, 3.05) is 20.1 Å². The van der Waals surface area contributed by atoms with Crippen molar-refractivity contribution >= 4 is 23.7 Å². The highest BCUT2D eigenvalue weighted by Crippen LogP contribution is 2.21. The Hall–Kier alpha value is -2.16. The number of amides is 3. The van der Waals surface area contributed by atoms with Crippen molar-refractivity contribution in [3.8, 4) is 0 Å². The molecule has 2 unspecified atom stereocenters. The SMILES string of the molecule is CNC(=O)C(CCC(=O)O)NC(=O)[C@@H]1CCCN1C(=O)C1CCCN1. The van der Waals surface area contributed by atoms with E-state index in [4.69, 9.17) is 5.11 Å². The second kappa shape index (κ2) is 8.80. The molecule has 4 N–H and O–H groups in total. The van der Waals surface area contributed by atoms with Crippen molar-refractivity contribution in [2.45, 2.75) is 56.7 Å². The summed E-state index contributed by atoms with van der Waals surface area (Å²) < 4.78 is 0. The fourth-order valence-electron chi connectivity index (χ4n) is 3.38. The van der Waals surface area contributed by atoms with Gasteiger partial charge < -0.3 is 26.0 Å². The number of hydrogen-bond acceptors (Lipinski definition) is 5. The first-order chi connectivity index (χ1) is 11.9. The highest BCUT2D eigenvalue weighted by atomic mass is 16.4. The molecule has 0 aromatic carbocycles. The lowest BCUT2D eigenvalue weighted by Crippen LogP contribution is -2.55. The van der Waals surface area contributed by atoms with E-state index in [9.17, 15) is 19.2 Å². The van der Waals surface area contributed by atoms with Gasteiger partial charge in [-0.3, -0.25) is 19.2 Å². The Morgan fingerprint density at radius 3 is 2.60 bits per heavy atom. The first-order valence-electron chi connectivity index (χ1n) is 8.71. The van der Waals surface area contributed by atoms with E-state index < -0.39 is 29.9 Å². The second-order valence-electron chi connectivity index (χ2n) is 6.45. The van der Waals surface area contributed by atoms with Crippen LogP contribution in [0.4, 0.5) is 0 Å². The maximum Gasteiger partial charge on any atom is 0.303 e. The van der Waals surface area contributed by atoms with Crippen LogP contribution in [0.3, 0.4) is 0 Å². The first-order valence-corrected chi connectivity index (χ1v) is 8.71. The molecule has 2 aliphatic heterocycles. The summed E-state index contributed by atoms with van der Waals surface area (Å²) in [5.74, 6) is -1.95. The Kier molecular flexibility index (Phi) is 6.74. The van der Waals surface area contributed by atoms with E-state index >= 15 is 0 Å². The van der Waals surface area contributed by atoms with Gasteiger partial charge in [0.25, 0.3) is 0 Å². The quantitative estimate of drug-likeness (QED) is 0.456. The molecule has 9 nitrogen and oxygen atoms in total. The number of rotatable bonds is 7. The molecule has 25 heavy (non-hydrogen) atoms. The first kappa shape index (κ1) is 19.2. The summed E-state index contributed by atoms with van der Waals surface area (Å²) in [6.45, 7) is 1.32. The summed E-state index contributed by atoms with van der Waals surface area (Å²) in [5.41, 5.74) is 0. The third kappa shape index (κ3) is 4.91. The van der Waals surface area contributed by atoms with Gasteiger partial charge in [-0.05, 0) is 38.6 Å². The summed E-state index contributed by atoms with van der Waals surface area (Å²) in [7, 11) is 1.43. The van der Waals surface area contributed by atoms with Gasteiger partial charge in [0.2, 0.25) is 17.7 Å². The number of hydrogen-bond donors (Lipinski definition) is 4. The fraction of sp³-hybridized carbons (Fsp3) is 0.750. The number of likely N-dealkylation sites (tertiary alicyclic amines) is 1. The largest absolute Gasteiger partial charge is 0.481 e. The molecule has 0 spiro atoms. The number of carboxylic acids is 1. The van der Waals surface area contributed by atoms with Gasteiger partial charge in [0, 0.05) is 20.0 Å². The second-order valence-corrected chi connectivity index (χ2v) is 6.45. The van der Waals surface area contributed by atoms with Gasteiger partial charge in [0.05, 0.1) is 6.04 Å². The van der Waals surface area contributed by atoms with Crippen LogP contribution in [0.2, 0.25) is 0 Å². The molecular formula is C16H26N4O5. The lowest BCUT2D eigenvalue weighted by atomic mass is 10.1. The lowest BCUT2D eigenvalue weighted by molar-refractivity contribution is -0.141. The van der Waals surface area contributed by atoms with Crippen LogP contribution in [0.15, 0.2) is 0 Å². The number of nitrogens with one attached hydrogen (secondary N) is 3. The van der Waals surface area contributed by atoms with Crippen LogP contribution in [0.5, 0.6) is 0 Å². The van der Waals surface area contributed by atoms with Gasteiger partial charge >= 0.3 is 5.97 Å². The number of carbonyl (C=O) groups excluding carboxylic acids is 3. The van der Waals surface area contributed by atoms with E-state index in [-0.39, 0.29) is 24.8 Å². The van der Waals surface area contributed by atoms with E-state index in [0.717, 1.165) is 25.8 Å². The highest BCUT2D eigenvalue weighted by Gasteiger charge is 2.38. The molecule has 2 fully saturated rings. The molecule has 2 aliphatic rings. The molecule has 9 heteroatoms. The molecule has 2 heterocycles. The van der Waals surface area contributed by atoms with Crippen LogP contribution in [0.1, 0.15) is 38.5 Å². The van der Waals surface area contributed by atoms with Crippen molar-refractivity contribution in [1.82, 2.24) is 20.9 Å². The predicted molar refractivity (Wildman–Crippen MR) is 88.6 cm³/mol. The van der Waals surface area contributed by atoms with Crippen LogP contribution in [0, 0.1) is 0 Å². The normalized spacial score (nSPS) is 24.0. The molecule has 0 aromatic rings. The molecule has 2 rings (SSSR count). The molecule has 0 aliphatic carbocycles. The van der Waals surface area contributed by atoms with E-state index in [1.54, 1.807) is 4.90 Å². The number of carbonyl (C=O) groups is 4. The van der Waals surface area contributed by atoms with Gasteiger partial charge in [-0.2, -0.15) is 0 Å². The van der Waals surface area contributed by atoms with Gasteiger partial charge in [0.1, 0.15) is 12.1 Å². The summed E-state index contributed by atoms with van der Waals surface area (Å²) in [6.07, 6.45) is 2.77. The lowest BCUT2D eigenvalue weighted by Gasteiger charge is -2.28. The molecule has 3 atom stereocenters. The molecule has 0 aromatic heterocycles. The summed E-state index contributed by atoms with van der Waals surface area (Å²) in [5, 5.41) is 17.0. The minimum absolute atomic E-state index is 0.00555. The van der Waals surface area contributed by atoms with Crippen LogP contribution in [0.25, 0.3) is 0 Å². The van der Waals surface area contributed by atoms with Gasteiger partial charge in [-0.25, -0.2) is 0 Å². The minimum atomic E-state index is -1.03.